The van der Waals surface area contributed by atoms with Gasteiger partial charge in [-0.05, 0) is 178 Å². The van der Waals surface area contributed by atoms with Gasteiger partial charge in [-0.25, -0.2) is 53.6 Å². The summed E-state index contributed by atoms with van der Waals surface area (Å²) in [6.07, 6.45) is 3.46. The van der Waals surface area contributed by atoms with Crippen LogP contribution in [0.2, 0.25) is 0 Å². The molecule has 10 heterocycles. The van der Waals surface area contributed by atoms with Gasteiger partial charge < -0.3 is 0 Å². The van der Waals surface area contributed by atoms with Crippen LogP contribution in [0.3, 0.4) is 0 Å². The van der Waals surface area contributed by atoms with Gasteiger partial charge in [0.1, 0.15) is 23.3 Å². The van der Waals surface area contributed by atoms with Gasteiger partial charge in [0.25, 0.3) is 0 Å². The number of hydrogen-bond donors (Lipinski definition) is 0. The van der Waals surface area contributed by atoms with Crippen LogP contribution >= 0.6 is 11.3 Å². The van der Waals surface area contributed by atoms with E-state index in [9.17, 15) is 33.7 Å². The summed E-state index contributed by atoms with van der Waals surface area (Å²) in [5, 5.41) is 0. The van der Waals surface area contributed by atoms with Crippen LogP contribution in [0.15, 0.2) is 385 Å². The molecule has 0 aliphatic carbocycles. The van der Waals surface area contributed by atoms with Gasteiger partial charge in [-0.3, -0.25) is 23.3 Å². The van der Waals surface area contributed by atoms with E-state index in [1.165, 1.54) is 15.3 Å². The summed E-state index contributed by atoms with van der Waals surface area (Å²) in [6, 6.07) is 107. The van der Waals surface area contributed by atoms with Crippen molar-refractivity contribution in [1.82, 2.24) is 43.2 Å². The van der Waals surface area contributed by atoms with Crippen molar-refractivity contribution in [3.8, 4) is 110 Å². The number of hydrogen-bond acceptors (Lipinski definition) is 14. The lowest BCUT2D eigenvalue weighted by atomic mass is 9.93. The van der Waals surface area contributed by atoms with E-state index in [0.29, 0.717) is 101 Å². The third kappa shape index (κ3) is 13.9. The molecule has 650 valence electrons. The molecule has 4 aliphatic rings. The second-order valence-corrected chi connectivity index (χ2v) is 45.0. The summed E-state index contributed by atoms with van der Waals surface area (Å²) in [5.41, 5.74) is 21.8. The molecule has 17 nitrogen and oxygen atoms in total. The lowest BCUT2D eigenvalue weighted by Gasteiger charge is -2.25. The minimum Gasteiger partial charge on any atom is -0.294 e. The predicted molar refractivity (Wildman–Crippen MR) is 526 cm³/mol. The molecule has 0 radical (unpaired) electrons. The largest absolute Gasteiger partial charge is 0.294 e. The lowest BCUT2D eigenvalue weighted by molar-refractivity contribution is 0.535. The van der Waals surface area contributed by atoms with Crippen molar-refractivity contribution >= 4 is 94.8 Å². The Morgan fingerprint density at radius 2 is 0.492 bits per heavy atom. The Morgan fingerprint density at radius 1 is 0.235 bits per heavy atom. The van der Waals surface area contributed by atoms with Crippen LogP contribution in [0.4, 0.5) is 0 Å². The van der Waals surface area contributed by atoms with Crippen molar-refractivity contribution in [2.75, 3.05) is 0 Å². The molecule has 24 rings (SSSR count). The summed E-state index contributed by atoms with van der Waals surface area (Å²) in [4.78, 5) is 29.1. The molecule has 0 N–H and O–H groups in total. The Morgan fingerprint density at radius 3 is 0.841 bits per heavy atom. The normalized spacial score (nSPS) is 14.2. The Labute approximate surface area is 770 Å². The number of nitrogens with zero attached hydrogens (tertiary/aromatic N) is 9. The maximum atomic E-state index is 13.7. The number of aryl methyl sites for hydroxylation is 1. The van der Waals surface area contributed by atoms with Gasteiger partial charge in [0, 0.05) is 60.6 Å². The molecule has 0 amide bonds. The van der Waals surface area contributed by atoms with E-state index < -0.39 is 39.3 Å². The minimum atomic E-state index is -3.66. The molecule has 0 fully saturated rings. The molecule has 132 heavy (non-hydrogen) atoms. The average molecular weight is 1820 g/mol. The Hall–Kier alpha value is -14.4. The SMILES string of the molecule is CC(C)(C)c1nc2c(-c3ccc(-c4ccc(-c5ccccc5)s4)cc3)ccc3c2n1-c1ccccc1S3(=O)=O.CC(C)(C)c1nc2c(-c3ccccc3)ccc3c2n1-c1ccccc1S3(=O)=O.CC(C)(C)c1nc2c(-c3ccncc3)ccc3c2n1-c1ccccc1S3(=O)=O.Cc1nc2c(-c3cc(-c4ccccc4)cc(-c4ccccc4)c3)ccc3c2n1-c1ccccc1S3(=O)=O. The monoisotopic (exact) mass is 1820 g/mol. The molecular formula is C110H87N9O8S5. The van der Waals surface area contributed by atoms with E-state index in [1.54, 1.807) is 96.5 Å². The zero-order chi connectivity index (χ0) is 91.5. The topological polar surface area (TPSA) is 221 Å². The van der Waals surface area contributed by atoms with Crippen molar-refractivity contribution in [3.63, 3.8) is 0 Å². The highest BCUT2D eigenvalue weighted by atomic mass is 32.2. The number of para-hydroxylation sites is 4. The number of sulfone groups is 4. The Kier molecular flexibility index (Phi) is 20.1. The van der Waals surface area contributed by atoms with Gasteiger partial charge in [-0.2, -0.15) is 0 Å². The highest BCUT2D eigenvalue weighted by Gasteiger charge is 2.42. The van der Waals surface area contributed by atoms with Crippen LogP contribution in [-0.4, -0.2) is 76.9 Å². The first-order chi connectivity index (χ1) is 63.3. The highest BCUT2D eigenvalue weighted by molar-refractivity contribution is 7.93. The number of fused-ring (bicyclic) bond motifs is 8. The van der Waals surface area contributed by atoms with E-state index in [0.717, 1.165) is 101 Å². The van der Waals surface area contributed by atoms with Crippen LogP contribution in [0, 0.1) is 6.92 Å². The third-order valence-corrected chi connectivity index (χ3v) is 33.2. The molecule has 0 unspecified atom stereocenters. The number of thiophene rings is 1. The molecule has 0 bridgehead atoms. The molecule has 14 aromatic carbocycles. The summed E-state index contributed by atoms with van der Waals surface area (Å²) in [6.45, 7) is 20.9. The first-order valence-electron chi connectivity index (χ1n) is 43.4. The molecular weight excluding hydrogens is 1740 g/mol. The van der Waals surface area contributed by atoms with Crippen molar-refractivity contribution in [2.45, 2.75) is 125 Å². The smallest absolute Gasteiger partial charge is 0.210 e. The summed E-state index contributed by atoms with van der Waals surface area (Å²) in [7, 11) is -14.5. The minimum absolute atomic E-state index is 0.252. The number of benzene rings is 14. The van der Waals surface area contributed by atoms with Gasteiger partial charge in [-0.15, -0.1) is 11.3 Å². The zero-order valence-electron chi connectivity index (χ0n) is 73.7. The van der Waals surface area contributed by atoms with Crippen molar-refractivity contribution in [1.29, 1.82) is 0 Å². The third-order valence-electron chi connectivity index (χ3n) is 24.7. The molecule has 22 heteroatoms. The van der Waals surface area contributed by atoms with Gasteiger partial charge in [0.05, 0.1) is 106 Å². The molecule has 4 aliphatic heterocycles. The second kappa shape index (κ2) is 31.5. The molecule has 0 saturated heterocycles. The fourth-order valence-electron chi connectivity index (χ4n) is 18.6. The molecule has 0 atom stereocenters. The standard InChI is InChI=1S/C33H26N2O2S2.C32H22N2O2S.C23H20N2O2S.C22H19N3O2S/c1-33(2,3)32-34-30-24(17-20-29-31(30)35(32)25-11-7-8-12-28(25)39(29,36)37)21-13-15-23(16-14-21)27-19-18-26(38-27)22-9-5-4-6-10-22;1-21-33-31-27(16-17-30-32(31)34(21)28-14-8-9-15-29(28)37(30,35)36)26-19-24(22-10-4-2-5-11-22)18-25(20-26)23-12-6-3-7-13-23;1-23(2,3)22-24-20-16(15-9-5-4-6-10-15)13-14-19-21(20)25(22)17-11-7-8-12-18(17)28(19,26)27;1-22(2,3)21-24-19-15(14-10-12-23-13-11-14)8-9-18-20(19)25(21)16-6-4-5-7-17(16)28(18,26)27/h4-20H,1-3H3;2-20H,1H3;4-14H,1-3H3;4-13H,1-3H3. The van der Waals surface area contributed by atoms with E-state index in [1.807, 2.05) is 178 Å². The number of pyridine rings is 1. The van der Waals surface area contributed by atoms with E-state index in [-0.39, 0.29) is 16.2 Å². The summed E-state index contributed by atoms with van der Waals surface area (Å²) >= 11 is 1.77. The van der Waals surface area contributed by atoms with Crippen LogP contribution in [0.1, 0.15) is 85.6 Å². The highest BCUT2D eigenvalue weighted by Crippen LogP contribution is 2.51. The zero-order valence-corrected chi connectivity index (χ0v) is 77.8. The fourth-order valence-corrected chi connectivity index (χ4v) is 26.1. The summed E-state index contributed by atoms with van der Waals surface area (Å²) < 4.78 is 116. The summed E-state index contributed by atoms with van der Waals surface area (Å²) in [5.74, 6) is 3.30. The number of rotatable bonds is 8. The van der Waals surface area contributed by atoms with Crippen LogP contribution in [-0.2, 0) is 55.6 Å². The fraction of sp³-hybridized carbons (Fsp3) is 0.118. The van der Waals surface area contributed by atoms with Crippen molar-refractivity contribution in [2.24, 2.45) is 0 Å². The lowest BCUT2D eigenvalue weighted by Crippen LogP contribution is -2.22. The Bertz CT molecular complexity index is 8360. The number of imidazole rings is 4. The first-order valence-corrected chi connectivity index (χ1v) is 50.2. The van der Waals surface area contributed by atoms with Crippen molar-refractivity contribution in [3.05, 3.63) is 369 Å². The van der Waals surface area contributed by atoms with Gasteiger partial charge >= 0.3 is 0 Å². The Balaban J connectivity index is 0.000000107. The van der Waals surface area contributed by atoms with Gasteiger partial charge in [-0.1, -0.05) is 281 Å². The van der Waals surface area contributed by atoms with Crippen LogP contribution < -0.4 is 0 Å². The number of aromatic nitrogens is 9. The van der Waals surface area contributed by atoms with E-state index in [2.05, 4.69) is 175 Å². The molecule has 6 aromatic heterocycles. The predicted octanol–water partition coefficient (Wildman–Crippen LogP) is 25.7. The molecule has 0 spiro atoms. The first kappa shape index (κ1) is 84.5. The molecule has 0 saturated carbocycles. The quantitative estimate of drug-likeness (QED) is 0.138. The van der Waals surface area contributed by atoms with Crippen LogP contribution in [0.5, 0.6) is 0 Å². The maximum Gasteiger partial charge on any atom is 0.210 e. The van der Waals surface area contributed by atoms with Crippen molar-refractivity contribution < 1.29 is 33.7 Å². The van der Waals surface area contributed by atoms with Gasteiger partial charge in [0.15, 0.2) is 0 Å². The van der Waals surface area contributed by atoms with E-state index >= 15 is 0 Å². The second-order valence-electron chi connectivity index (χ2n) is 36.4. The van der Waals surface area contributed by atoms with Gasteiger partial charge in [0.2, 0.25) is 39.3 Å². The van der Waals surface area contributed by atoms with E-state index in [4.69, 9.17) is 19.9 Å². The molecule has 20 aromatic rings. The average Bonchev–Trinajstić information content (AvgIpc) is 1.61. The van der Waals surface area contributed by atoms with Crippen LogP contribution in [0.25, 0.3) is 155 Å². The maximum absolute atomic E-state index is 13.7.